The van der Waals surface area contributed by atoms with Gasteiger partial charge < -0.3 is 14.8 Å². The number of anilines is 2. The van der Waals surface area contributed by atoms with Crippen LogP contribution in [0.5, 0.6) is 0 Å². The number of carbonyl (C=O) groups excluding carboxylic acids is 1. The third-order valence-electron chi connectivity index (χ3n) is 4.45. The van der Waals surface area contributed by atoms with Gasteiger partial charge in [-0.25, -0.2) is 9.37 Å². The molecule has 3 aromatic rings. The lowest BCUT2D eigenvalue weighted by molar-refractivity contribution is -0.129. The highest BCUT2D eigenvalue weighted by atomic mass is 35.5. The van der Waals surface area contributed by atoms with Crippen molar-refractivity contribution in [1.29, 1.82) is 0 Å². The Morgan fingerprint density at radius 2 is 2.07 bits per heavy atom. The lowest BCUT2D eigenvalue weighted by Gasteiger charge is -2.17. The average molecular weight is 389 g/mol. The molecule has 142 valence electrons. The third kappa shape index (κ3) is 3.90. The first-order chi connectivity index (χ1) is 12.8. The summed E-state index contributed by atoms with van der Waals surface area (Å²) in [5.74, 6) is 0.331. The van der Waals surface area contributed by atoms with Crippen molar-refractivity contribution in [2.45, 2.75) is 26.3 Å². The number of pyridine rings is 1. The van der Waals surface area contributed by atoms with E-state index in [9.17, 15) is 9.18 Å². The largest absolute Gasteiger partial charge is 0.347 e. The molecule has 0 bridgehead atoms. The zero-order chi connectivity index (χ0) is 19.7. The molecule has 0 unspecified atom stereocenters. The lowest BCUT2D eigenvalue weighted by atomic mass is 10.0. The number of hydrogen-bond donors (Lipinski definition) is 1. The van der Waals surface area contributed by atoms with Crippen molar-refractivity contribution in [1.82, 2.24) is 14.5 Å². The molecule has 3 rings (SSSR count). The summed E-state index contributed by atoms with van der Waals surface area (Å²) in [6.45, 7) is 4.20. The Morgan fingerprint density at radius 3 is 2.74 bits per heavy atom. The molecule has 1 aromatic carbocycles. The van der Waals surface area contributed by atoms with E-state index < -0.39 is 0 Å². The topological polar surface area (TPSA) is 50.2 Å². The van der Waals surface area contributed by atoms with Crippen LogP contribution in [0.15, 0.2) is 36.7 Å². The van der Waals surface area contributed by atoms with Crippen LogP contribution in [-0.4, -0.2) is 34.5 Å². The third-order valence-corrected chi connectivity index (χ3v) is 4.75. The van der Waals surface area contributed by atoms with Crippen molar-refractivity contribution in [3.05, 3.63) is 53.1 Å². The molecule has 2 aromatic heterocycles. The van der Waals surface area contributed by atoms with Gasteiger partial charge in [-0.3, -0.25) is 4.79 Å². The molecule has 0 atom stereocenters. The Kier molecular flexibility index (Phi) is 5.37. The lowest BCUT2D eigenvalue weighted by Crippen LogP contribution is -2.25. The van der Waals surface area contributed by atoms with Gasteiger partial charge in [0.15, 0.2) is 0 Å². The number of halogens is 2. The number of rotatable bonds is 5. The molecule has 0 aliphatic heterocycles. The van der Waals surface area contributed by atoms with Crippen molar-refractivity contribution in [2.24, 2.45) is 0 Å². The molecule has 7 heteroatoms. The number of aromatic nitrogens is 2. The fourth-order valence-corrected chi connectivity index (χ4v) is 3.21. The van der Waals surface area contributed by atoms with Gasteiger partial charge in [0.2, 0.25) is 5.91 Å². The van der Waals surface area contributed by atoms with E-state index in [0.29, 0.717) is 16.5 Å². The Hall–Kier alpha value is -2.60. The number of nitrogens with zero attached hydrogens (tertiary/aromatic N) is 3. The Balaban J connectivity index is 2.02. The molecular formula is C20H22ClFN4O. The second-order valence-electron chi connectivity index (χ2n) is 6.96. The molecule has 0 saturated carbocycles. The summed E-state index contributed by atoms with van der Waals surface area (Å²) in [7, 11) is 3.46. The minimum atomic E-state index is -0.367. The van der Waals surface area contributed by atoms with Gasteiger partial charge in [0.25, 0.3) is 0 Å². The number of benzene rings is 1. The highest BCUT2D eigenvalue weighted by molar-refractivity contribution is 6.33. The first-order valence-electron chi connectivity index (χ1n) is 8.68. The van der Waals surface area contributed by atoms with Crippen molar-refractivity contribution in [3.63, 3.8) is 0 Å². The van der Waals surface area contributed by atoms with Gasteiger partial charge in [-0.15, -0.1) is 0 Å². The Morgan fingerprint density at radius 1 is 1.33 bits per heavy atom. The fourth-order valence-electron chi connectivity index (χ4n) is 2.95. The quantitative estimate of drug-likeness (QED) is 0.684. The van der Waals surface area contributed by atoms with E-state index in [2.05, 4.69) is 10.3 Å². The second kappa shape index (κ2) is 7.56. The van der Waals surface area contributed by atoms with Crippen LogP contribution in [0.1, 0.15) is 25.3 Å². The highest BCUT2D eigenvalue weighted by Gasteiger charge is 2.16. The van der Waals surface area contributed by atoms with Gasteiger partial charge in [-0.1, -0.05) is 25.4 Å². The van der Waals surface area contributed by atoms with Crippen molar-refractivity contribution in [2.75, 3.05) is 19.4 Å². The fraction of sp³-hybridized carbons (Fsp3) is 0.300. The van der Waals surface area contributed by atoms with Crippen molar-refractivity contribution in [3.8, 4) is 0 Å². The molecule has 0 spiro atoms. The SMILES string of the molecule is CC(C)c1cc(F)cc(Cl)c1Nc1nccc2c1ccn2CC(=O)N(C)C. The Bertz CT molecular complexity index is 997. The van der Waals surface area contributed by atoms with Crippen LogP contribution < -0.4 is 5.32 Å². The van der Waals surface area contributed by atoms with E-state index in [1.807, 2.05) is 36.7 Å². The predicted molar refractivity (Wildman–Crippen MR) is 107 cm³/mol. The maximum Gasteiger partial charge on any atom is 0.241 e. The van der Waals surface area contributed by atoms with Crippen LogP contribution in [0, 0.1) is 5.82 Å². The van der Waals surface area contributed by atoms with Crippen molar-refractivity contribution < 1.29 is 9.18 Å². The second-order valence-corrected chi connectivity index (χ2v) is 7.36. The molecule has 0 fully saturated rings. The predicted octanol–water partition coefficient (Wildman–Crippen LogP) is 4.78. The molecular weight excluding hydrogens is 367 g/mol. The van der Waals surface area contributed by atoms with Gasteiger partial charge in [0, 0.05) is 31.9 Å². The molecule has 27 heavy (non-hydrogen) atoms. The van der Waals surface area contributed by atoms with Crippen LogP contribution in [0.3, 0.4) is 0 Å². The smallest absolute Gasteiger partial charge is 0.241 e. The zero-order valence-electron chi connectivity index (χ0n) is 15.8. The van der Waals surface area contributed by atoms with Crippen LogP contribution >= 0.6 is 11.6 Å². The van der Waals surface area contributed by atoms with E-state index in [4.69, 9.17) is 11.6 Å². The van der Waals surface area contributed by atoms with Gasteiger partial charge in [0.05, 0.1) is 16.2 Å². The van der Waals surface area contributed by atoms with Gasteiger partial charge in [-0.05, 0) is 35.7 Å². The standard InChI is InChI=1S/C20H22ClFN4O/c1-12(2)15-9-13(22)10-16(21)19(15)24-20-14-6-8-26(11-18(27)25(3)4)17(14)5-7-23-20/h5-10,12H,11H2,1-4H3,(H,23,24). The van der Waals surface area contributed by atoms with Crippen LogP contribution in [-0.2, 0) is 11.3 Å². The molecule has 1 N–H and O–H groups in total. The number of nitrogens with one attached hydrogen (secondary N) is 1. The summed E-state index contributed by atoms with van der Waals surface area (Å²) in [5, 5.41) is 4.43. The summed E-state index contributed by atoms with van der Waals surface area (Å²) < 4.78 is 15.7. The summed E-state index contributed by atoms with van der Waals surface area (Å²) in [4.78, 5) is 18.0. The number of fused-ring (bicyclic) bond motifs is 1. The minimum absolute atomic E-state index is 0.00231. The summed E-state index contributed by atoms with van der Waals surface area (Å²) in [6.07, 6.45) is 3.53. The first-order valence-corrected chi connectivity index (χ1v) is 9.05. The number of hydrogen-bond acceptors (Lipinski definition) is 3. The minimum Gasteiger partial charge on any atom is -0.347 e. The summed E-state index contributed by atoms with van der Waals surface area (Å²) >= 11 is 6.30. The maximum atomic E-state index is 13.8. The van der Waals surface area contributed by atoms with Crippen LogP contribution in [0.4, 0.5) is 15.9 Å². The normalized spacial score (nSPS) is 11.2. The summed E-state index contributed by atoms with van der Waals surface area (Å²) in [6, 6.07) is 6.54. The molecule has 0 radical (unpaired) electrons. The van der Waals surface area contributed by atoms with E-state index in [1.54, 1.807) is 25.2 Å². The van der Waals surface area contributed by atoms with Gasteiger partial charge in [0.1, 0.15) is 18.2 Å². The molecule has 0 aliphatic rings. The van der Waals surface area contributed by atoms with E-state index in [0.717, 1.165) is 16.5 Å². The Labute approximate surface area is 162 Å². The summed E-state index contributed by atoms with van der Waals surface area (Å²) in [5.41, 5.74) is 2.30. The molecule has 5 nitrogen and oxygen atoms in total. The molecule has 0 aliphatic carbocycles. The number of likely N-dealkylation sites (N-methyl/N-ethyl adjacent to an activating group) is 1. The number of carbonyl (C=O) groups is 1. The van der Waals surface area contributed by atoms with E-state index in [-0.39, 0.29) is 24.2 Å². The molecule has 1 amide bonds. The van der Waals surface area contributed by atoms with Gasteiger partial charge >= 0.3 is 0 Å². The first kappa shape index (κ1) is 19.2. The average Bonchev–Trinajstić information content (AvgIpc) is 3.00. The van der Waals surface area contributed by atoms with E-state index in [1.165, 1.54) is 12.1 Å². The molecule has 2 heterocycles. The zero-order valence-corrected chi connectivity index (χ0v) is 16.5. The maximum absolute atomic E-state index is 13.8. The number of amides is 1. The monoisotopic (exact) mass is 388 g/mol. The van der Waals surface area contributed by atoms with E-state index >= 15 is 0 Å². The van der Waals surface area contributed by atoms with Crippen molar-refractivity contribution >= 4 is 39.9 Å². The van der Waals surface area contributed by atoms with Crippen LogP contribution in [0.25, 0.3) is 10.9 Å². The van der Waals surface area contributed by atoms with Gasteiger partial charge in [-0.2, -0.15) is 0 Å². The molecule has 0 saturated heterocycles. The highest BCUT2D eigenvalue weighted by Crippen LogP contribution is 2.36. The van der Waals surface area contributed by atoms with Crippen LogP contribution in [0.2, 0.25) is 5.02 Å².